The average molecular weight is 395 g/mol. The molecule has 2 atom stereocenters. The third-order valence-electron chi connectivity index (χ3n) is 3.87. The Kier molecular flexibility index (Phi) is 5.33. The first-order valence-corrected chi connectivity index (χ1v) is 8.57. The van der Waals surface area contributed by atoms with Gasteiger partial charge in [0.25, 0.3) is 0 Å². The van der Waals surface area contributed by atoms with Crippen molar-refractivity contribution in [1.29, 1.82) is 0 Å². The molecule has 0 aromatic heterocycles. The van der Waals surface area contributed by atoms with Gasteiger partial charge in [0.05, 0.1) is 0 Å². The highest BCUT2D eigenvalue weighted by Crippen LogP contribution is 2.23. The molecule has 3 rings (SSSR count). The van der Waals surface area contributed by atoms with Gasteiger partial charge in [0.2, 0.25) is 5.91 Å². The van der Waals surface area contributed by atoms with E-state index in [0.717, 1.165) is 15.6 Å². The van der Waals surface area contributed by atoms with Gasteiger partial charge in [0, 0.05) is 22.1 Å². The van der Waals surface area contributed by atoms with Gasteiger partial charge in [0.1, 0.15) is 6.04 Å². The van der Waals surface area contributed by atoms with Crippen molar-refractivity contribution in [1.82, 2.24) is 16.2 Å². The number of carbonyl (C=O) groups is 1. The largest absolute Gasteiger partial charge is 0.351 e. The fourth-order valence-electron chi connectivity index (χ4n) is 2.56. The van der Waals surface area contributed by atoms with Crippen LogP contribution in [0.5, 0.6) is 0 Å². The number of hydrogen-bond donors (Lipinski definition) is 3. The summed E-state index contributed by atoms with van der Waals surface area (Å²) >= 11 is 9.28. The first kappa shape index (κ1) is 16.5. The summed E-state index contributed by atoms with van der Waals surface area (Å²) in [6, 6.07) is 15.5. The van der Waals surface area contributed by atoms with Crippen LogP contribution in [0.25, 0.3) is 0 Å². The molecule has 23 heavy (non-hydrogen) atoms. The number of amides is 1. The zero-order valence-electron chi connectivity index (χ0n) is 12.4. The fourth-order valence-corrected chi connectivity index (χ4v) is 2.95. The van der Waals surface area contributed by atoms with E-state index >= 15 is 0 Å². The average Bonchev–Trinajstić information content (AvgIpc) is 3.05. The summed E-state index contributed by atoms with van der Waals surface area (Å²) in [6.07, 6.45) is 0.716. The number of benzene rings is 2. The summed E-state index contributed by atoms with van der Waals surface area (Å²) in [5, 5.41) is 3.64. The molecule has 2 unspecified atom stereocenters. The molecule has 0 bridgehead atoms. The molecule has 0 radical (unpaired) electrons. The molecule has 3 N–H and O–H groups in total. The molecule has 0 aliphatic carbocycles. The summed E-state index contributed by atoms with van der Waals surface area (Å²) in [5.41, 5.74) is 8.44. The van der Waals surface area contributed by atoms with Crippen LogP contribution in [0.1, 0.15) is 23.6 Å². The molecule has 4 nitrogen and oxygen atoms in total. The molecule has 0 saturated carbocycles. The summed E-state index contributed by atoms with van der Waals surface area (Å²) < 4.78 is 1.05. The normalized spacial score (nSPS) is 20.4. The number of halogens is 2. The molecule has 1 heterocycles. The summed E-state index contributed by atoms with van der Waals surface area (Å²) in [5.74, 6) is -0.00735. The van der Waals surface area contributed by atoms with Crippen LogP contribution in [0.15, 0.2) is 53.0 Å². The van der Waals surface area contributed by atoms with Crippen LogP contribution < -0.4 is 16.2 Å². The van der Waals surface area contributed by atoms with Crippen molar-refractivity contribution in [3.8, 4) is 0 Å². The standard InChI is InChI=1S/C17H17BrClN3O/c18-13-5-3-12(4-6-13)15-9-16(22-21-15)17(23)20-10-11-1-7-14(19)8-2-11/h1-8,15-16,21-22H,9-10H2,(H,20,23). The minimum atomic E-state index is -0.240. The van der Waals surface area contributed by atoms with Gasteiger partial charge in [-0.3, -0.25) is 4.79 Å². The topological polar surface area (TPSA) is 53.2 Å². The van der Waals surface area contributed by atoms with Gasteiger partial charge < -0.3 is 5.32 Å². The maximum atomic E-state index is 12.3. The van der Waals surface area contributed by atoms with E-state index in [1.807, 2.05) is 36.4 Å². The van der Waals surface area contributed by atoms with Crippen LogP contribution in [0, 0.1) is 0 Å². The molecule has 6 heteroatoms. The van der Waals surface area contributed by atoms with Crippen LogP contribution in [0.2, 0.25) is 5.02 Å². The number of hydrogen-bond acceptors (Lipinski definition) is 3. The van der Waals surface area contributed by atoms with Gasteiger partial charge in [-0.15, -0.1) is 0 Å². The zero-order valence-corrected chi connectivity index (χ0v) is 14.7. The quantitative estimate of drug-likeness (QED) is 0.745. The first-order chi connectivity index (χ1) is 11.1. The van der Waals surface area contributed by atoms with Gasteiger partial charge in [-0.05, 0) is 41.8 Å². The number of carbonyl (C=O) groups excluding carboxylic acids is 1. The lowest BCUT2D eigenvalue weighted by Gasteiger charge is -2.11. The first-order valence-electron chi connectivity index (χ1n) is 7.40. The second kappa shape index (κ2) is 7.45. The van der Waals surface area contributed by atoms with Crippen molar-refractivity contribution in [2.75, 3.05) is 0 Å². The summed E-state index contributed by atoms with van der Waals surface area (Å²) in [7, 11) is 0. The molecule has 1 amide bonds. The predicted molar refractivity (Wildman–Crippen MR) is 94.9 cm³/mol. The van der Waals surface area contributed by atoms with Crippen molar-refractivity contribution >= 4 is 33.4 Å². The summed E-state index contributed by atoms with van der Waals surface area (Å²) in [4.78, 5) is 12.3. The molecule has 2 aromatic carbocycles. The highest BCUT2D eigenvalue weighted by Gasteiger charge is 2.29. The van der Waals surface area contributed by atoms with Crippen LogP contribution in [-0.2, 0) is 11.3 Å². The molecule has 120 valence electrons. The Bertz CT molecular complexity index is 675. The van der Waals surface area contributed by atoms with E-state index in [1.165, 1.54) is 0 Å². The van der Waals surface area contributed by atoms with E-state index in [9.17, 15) is 4.79 Å². The molecule has 1 aliphatic heterocycles. The van der Waals surface area contributed by atoms with Gasteiger partial charge >= 0.3 is 0 Å². The van der Waals surface area contributed by atoms with Gasteiger partial charge in [0.15, 0.2) is 0 Å². The lowest BCUT2D eigenvalue weighted by molar-refractivity contribution is -0.123. The molecule has 1 saturated heterocycles. The van der Waals surface area contributed by atoms with E-state index in [2.05, 4.69) is 44.2 Å². The minimum absolute atomic E-state index is 0.00735. The van der Waals surface area contributed by atoms with Crippen molar-refractivity contribution in [3.63, 3.8) is 0 Å². The monoisotopic (exact) mass is 393 g/mol. The summed E-state index contributed by atoms with van der Waals surface area (Å²) in [6.45, 7) is 0.497. The molecule has 1 fully saturated rings. The smallest absolute Gasteiger partial charge is 0.238 e. The van der Waals surface area contributed by atoms with Crippen molar-refractivity contribution in [3.05, 3.63) is 69.2 Å². The Morgan fingerprint density at radius 1 is 1.13 bits per heavy atom. The third kappa shape index (κ3) is 4.32. The molecular formula is C17H17BrClN3O. The van der Waals surface area contributed by atoms with Crippen molar-refractivity contribution in [2.24, 2.45) is 0 Å². The Morgan fingerprint density at radius 3 is 2.52 bits per heavy atom. The van der Waals surface area contributed by atoms with Crippen LogP contribution in [0.3, 0.4) is 0 Å². The predicted octanol–water partition coefficient (Wildman–Crippen LogP) is 3.33. The lowest BCUT2D eigenvalue weighted by atomic mass is 10.0. The molecule has 1 aliphatic rings. The molecule has 2 aromatic rings. The molecular weight excluding hydrogens is 378 g/mol. The van der Waals surface area contributed by atoms with Crippen LogP contribution >= 0.6 is 27.5 Å². The van der Waals surface area contributed by atoms with Crippen LogP contribution in [0.4, 0.5) is 0 Å². The Balaban J connectivity index is 1.53. The Morgan fingerprint density at radius 2 is 1.83 bits per heavy atom. The van der Waals surface area contributed by atoms with Gasteiger partial charge in [-0.25, -0.2) is 10.9 Å². The van der Waals surface area contributed by atoms with E-state index in [1.54, 1.807) is 0 Å². The SMILES string of the molecule is O=C(NCc1ccc(Cl)cc1)C1CC(c2ccc(Br)cc2)NN1. The van der Waals surface area contributed by atoms with E-state index in [0.29, 0.717) is 18.0 Å². The molecule has 0 spiro atoms. The van der Waals surface area contributed by atoms with E-state index < -0.39 is 0 Å². The van der Waals surface area contributed by atoms with Crippen molar-refractivity contribution in [2.45, 2.75) is 25.0 Å². The number of hydrazine groups is 1. The zero-order chi connectivity index (χ0) is 16.2. The second-order valence-corrected chi connectivity index (χ2v) is 6.88. The minimum Gasteiger partial charge on any atom is -0.351 e. The Hall–Kier alpha value is -1.40. The van der Waals surface area contributed by atoms with Crippen molar-refractivity contribution < 1.29 is 4.79 Å². The number of rotatable bonds is 4. The van der Waals surface area contributed by atoms with E-state index in [-0.39, 0.29) is 18.0 Å². The maximum absolute atomic E-state index is 12.3. The maximum Gasteiger partial charge on any atom is 0.238 e. The second-order valence-electron chi connectivity index (χ2n) is 5.53. The third-order valence-corrected chi connectivity index (χ3v) is 4.65. The highest BCUT2D eigenvalue weighted by atomic mass is 79.9. The number of nitrogens with one attached hydrogen (secondary N) is 3. The highest BCUT2D eigenvalue weighted by molar-refractivity contribution is 9.10. The Labute approximate surface area is 148 Å². The fraction of sp³-hybridized carbons (Fsp3) is 0.235. The van der Waals surface area contributed by atoms with Crippen LogP contribution in [-0.4, -0.2) is 11.9 Å². The van der Waals surface area contributed by atoms with Gasteiger partial charge in [-0.2, -0.15) is 0 Å². The van der Waals surface area contributed by atoms with E-state index in [4.69, 9.17) is 11.6 Å². The lowest BCUT2D eigenvalue weighted by Crippen LogP contribution is -2.42. The van der Waals surface area contributed by atoms with Gasteiger partial charge in [-0.1, -0.05) is 51.8 Å².